The maximum atomic E-state index is 2.82. The summed E-state index contributed by atoms with van der Waals surface area (Å²) in [5.74, 6) is 0.803. The zero-order chi connectivity index (χ0) is 21.8. The van der Waals surface area contributed by atoms with Gasteiger partial charge in [0, 0.05) is 0 Å². The molecule has 0 amide bonds. The molecule has 0 nitrogen and oxygen atoms in total. The van der Waals surface area contributed by atoms with Gasteiger partial charge in [-0.25, -0.2) is 0 Å². The maximum absolute atomic E-state index is 2.82. The summed E-state index contributed by atoms with van der Waals surface area (Å²) in [6.45, 7) is 20.6. The van der Waals surface area contributed by atoms with Gasteiger partial charge in [-0.1, -0.05) is 0 Å². The van der Waals surface area contributed by atoms with Crippen LogP contribution in [0.3, 0.4) is 0 Å². The molecule has 0 fully saturated rings. The van der Waals surface area contributed by atoms with Gasteiger partial charge in [-0.05, 0) is 0 Å². The van der Waals surface area contributed by atoms with Crippen LogP contribution < -0.4 is 24.8 Å². The summed E-state index contributed by atoms with van der Waals surface area (Å²) in [5, 5.41) is 0. The van der Waals surface area contributed by atoms with Crippen LogP contribution in [0.15, 0.2) is 41.0 Å². The smallest absolute Gasteiger partial charge is 1.00 e. The van der Waals surface area contributed by atoms with Crippen LogP contribution in [0, 0.1) is 22.7 Å². The van der Waals surface area contributed by atoms with E-state index < -0.39 is 26.8 Å². The molecule has 0 aromatic rings. The Labute approximate surface area is 219 Å². The molecule has 4 rings (SSSR count). The zero-order valence-corrected chi connectivity index (χ0v) is 26.9. The Bertz CT molecular complexity index is 766. The predicted molar refractivity (Wildman–Crippen MR) is 132 cm³/mol. The van der Waals surface area contributed by atoms with Crippen molar-refractivity contribution in [2.24, 2.45) is 22.7 Å². The molecule has 0 bridgehead atoms. The van der Waals surface area contributed by atoms with Crippen LogP contribution >= 0.6 is 0 Å². The van der Waals surface area contributed by atoms with Crippen molar-refractivity contribution in [1.82, 2.24) is 0 Å². The van der Waals surface area contributed by atoms with Crippen molar-refractivity contribution in [3.63, 3.8) is 0 Å². The van der Waals surface area contributed by atoms with E-state index >= 15 is 0 Å². The van der Waals surface area contributed by atoms with E-state index in [2.05, 4.69) is 66.8 Å². The third-order valence-electron chi connectivity index (χ3n) is 8.02. The summed E-state index contributed by atoms with van der Waals surface area (Å²) in [6.07, 6.45) is 16.8. The standard InChI is InChI=1S/2C13H19.C2H7Si.2ClH.Zr/c2*1-13(2,3)12-9-8-10-6-4-5-7-11(10)12;1-3-2;;;/h2*8,12H,4-7H2,1-3H3;3H,1-2H3;2*1H;/q;;;;;+2/p-2. The van der Waals surface area contributed by atoms with Gasteiger partial charge in [0.1, 0.15) is 0 Å². The molecule has 2 unspecified atom stereocenters. The average Bonchev–Trinajstić information content (AvgIpc) is 3.19. The van der Waals surface area contributed by atoms with Gasteiger partial charge in [0.25, 0.3) is 0 Å². The fraction of sp³-hybridized carbons (Fsp3) is 0.714. The predicted octanol–water partition coefficient (Wildman–Crippen LogP) is 2.46. The molecule has 4 aliphatic rings. The van der Waals surface area contributed by atoms with E-state index in [1.54, 1.807) is 11.1 Å². The third-order valence-corrected chi connectivity index (χ3v) is 26.8. The van der Waals surface area contributed by atoms with Crippen LogP contribution in [0.25, 0.3) is 0 Å². The van der Waals surface area contributed by atoms with Gasteiger partial charge in [-0.2, -0.15) is 0 Å². The first-order valence-corrected chi connectivity index (χ1v) is 22.3. The fourth-order valence-corrected chi connectivity index (χ4v) is 28.2. The number of allylic oxidation sites excluding steroid dienone is 8. The Morgan fingerprint density at radius 2 is 1.00 bits per heavy atom. The minimum absolute atomic E-state index is 0. The van der Waals surface area contributed by atoms with Crippen LogP contribution in [0.1, 0.15) is 92.9 Å². The molecule has 0 spiro atoms. The molecule has 0 saturated heterocycles. The van der Waals surface area contributed by atoms with Crippen molar-refractivity contribution < 1.29 is 45.7 Å². The molecule has 0 radical (unpaired) electrons. The summed E-state index contributed by atoms with van der Waals surface area (Å²) in [6, 6.07) is 0. The second-order valence-corrected chi connectivity index (χ2v) is 32.0. The van der Waals surface area contributed by atoms with Crippen molar-refractivity contribution in [1.29, 1.82) is 0 Å². The minimum atomic E-state index is -1.87. The Morgan fingerprint density at radius 1 is 0.656 bits per heavy atom. The number of hydrogen-bond acceptors (Lipinski definition) is 0. The topological polar surface area (TPSA) is 0 Å². The van der Waals surface area contributed by atoms with Crippen molar-refractivity contribution in [3.05, 3.63) is 41.0 Å². The van der Waals surface area contributed by atoms with E-state index in [9.17, 15) is 0 Å². The molecule has 179 valence electrons. The molecule has 0 N–H and O–H groups in total. The van der Waals surface area contributed by atoms with E-state index in [1.165, 1.54) is 51.4 Å². The van der Waals surface area contributed by atoms with Gasteiger partial charge < -0.3 is 24.8 Å². The van der Waals surface area contributed by atoms with Crippen LogP contribution in [0.4, 0.5) is 0 Å². The molecule has 2 atom stereocenters. The molecular weight excluding hydrogens is 527 g/mol. The monoisotopic (exact) mass is 569 g/mol. The molecule has 0 aromatic carbocycles. The second-order valence-electron chi connectivity index (χ2n) is 12.9. The Balaban J connectivity index is 0.00000181. The van der Waals surface area contributed by atoms with Crippen molar-refractivity contribution >= 4 is 5.92 Å². The summed E-state index contributed by atoms with van der Waals surface area (Å²) < 4.78 is 4.05. The van der Waals surface area contributed by atoms with Gasteiger partial charge in [0.05, 0.1) is 0 Å². The van der Waals surface area contributed by atoms with Gasteiger partial charge in [0.15, 0.2) is 0 Å². The van der Waals surface area contributed by atoms with Gasteiger partial charge in [0.2, 0.25) is 0 Å². The maximum Gasteiger partial charge on any atom is -1.00 e. The van der Waals surface area contributed by atoms with Crippen LogP contribution in [0.5, 0.6) is 0 Å². The zero-order valence-electron chi connectivity index (χ0n) is 21.8. The van der Waals surface area contributed by atoms with Crippen molar-refractivity contribution in [2.75, 3.05) is 0 Å². The van der Waals surface area contributed by atoms with Gasteiger partial charge in [-0.15, -0.1) is 0 Å². The Hall–Kier alpha value is 0.640. The third kappa shape index (κ3) is 5.39. The minimum Gasteiger partial charge on any atom is -1.00 e. The quantitative estimate of drug-likeness (QED) is 0.457. The van der Waals surface area contributed by atoms with E-state index in [0.717, 1.165) is 11.8 Å². The van der Waals surface area contributed by atoms with Gasteiger partial charge >= 0.3 is 197 Å². The fourth-order valence-electron chi connectivity index (χ4n) is 7.09. The molecule has 0 heterocycles. The molecule has 4 aliphatic carbocycles. The van der Waals surface area contributed by atoms with E-state index in [0.29, 0.717) is 10.8 Å². The van der Waals surface area contributed by atoms with Crippen LogP contribution in [-0.4, -0.2) is 5.92 Å². The summed E-state index contributed by atoms with van der Waals surface area (Å²) in [5.41, 5.74) is 8.07. The first-order chi connectivity index (χ1) is 14.0. The normalized spacial score (nSPS) is 25.7. The second kappa shape index (κ2) is 10.7. The first kappa shape index (κ1) is 28.9. The number of rotatable bonds is 3. The van der Waals surface area contributed by atoms with Crippen molar-refractivity contribution in [2.45, 2.75) is 106 Å². The first-order valence-electron chi connectivity index (χ1n) is 12.7. The van der Waals surface area contributed by atoms with E-state index in [4.69, 9.17) is 0 Å². The largest absolute Gasteiger partial charge is 1.00 e. The molecule has 0 aliphatic heterocycles. The summed E-state index contributed by atoms with van der Waals surface area (Å²) in [7, 11) is 0. The SMILES string of the molecule is C[SiH](C)[Zr+2]([C]1=CC2=C(CCCC2)C1C(C)(C)C)[C]1=CC2=C(CCCC2)C1C(C)(C)C.[Cl-].[Cl-]. The molecular formula is C28H45Cl2SiZr. The summed E-state index contributed by atoms with van der Waals surface area (Å²) >= 11 is -1.87. The number of hydrogen-bond donors (Lipinski definition) is 0. The summed E-state index contributed by atoms with van der Waals surface area (Å²) in [4.78, 5) is 0. The molecule has 4 heteroatoms. The van der Waals surface area contributed by atoms with E-state index in [-0.39, 0.29) is 24.8 Å². The van der Waals surface area contributed by atoms with E-state index in [1.807, 2.05) is 17.7 Å². The Kier molecular flexibility index (Phi) is 9.67. The molecule has 0 aromatic heterocycles. The van der Waals surface area contributed by atoms with Gasteiger partial charge in [-0.3, -0.25) is 0 Å². The van der Waals surface area contributed by atoms with Crippen molar-refractivity contribution in [3.8, 4) is 0 Å². The number of halogens is 2. The molecule has 0 saturated carbocycles. The molecule has 32 heavy (non-hydrogen) atoms. The van der Waals surface area contributed by atoms with Crippen LogP contribution in [0.2, 0.25) is 13.1 Å². The van der Waals surface area contributed by atoms with Crippen LogP contribution in [-0.2, 0) is 20.9 Å². The Morgan fingerprint density at radius 3 is 1.31 bits per heavy atom. The average molecular weight is 572 g/mol.